The van der Waals surface area contributed by atoms with Crippen molar-refractivity contribution in [3.05, 3.63) is 47.2 Å². The normalized spacial score (nSPS) is 11.8. The smallest absolute Gasteiger partial charge is 0.246 e. The van der Waals surface area contributed by atoms with Crippen molar-refractivity contribution < 1.29 is 8.42 Å². The molecule has 0 aliphatic heterocycles. The zero-order chi connectivity index (χ0) is 14.8. The highest BCUT2D eigenvalue weighted by Crippen LogP contribution is 2.20. The molecular weight excluding hydrogens is 300 g/mol. The lowest BCUT2D eigenvalue weighted by atomic mass is 10.2. The first-order valence-corrected chi connectivity index (χ1v) is 7.50. The number of aromatic nitrogens is 2. The Morgan fingerprint density at radius 1 is 1.25 bits per heavy atom. The molecule has 106 valence electrons. The van der Waals surface area contributed by atoms with Crippen LogP contribution in [0.4, 0.5) is 5.95 Å². The van der Waals surface area contributed by atoms with Crippen molar-refractivity contribution in [2.45, 2.75) is 11.4 Å². The Bertz CT molecular complexity index is 704. The Hall–Kier alpha value is -1.70. The molecule has 0 unspecified atom stereocenters. The highest BCUT2D eigenvalue weighted by molar-refractivity contribution is 7.89. The van der Waals surface area contributed by atoms with Gasteiger partial charge in [-0.05, 0) is 11.6 Å². The maximum absolute atomic E-state index is 12.3. The molecule has 0 saturated carbocycles. The van der Waals surface area contributed by atoms with E-state index in [1.54, 1.807) is 24.3 Å². The molecule has 0 aliphatic rings. The minimum absolute atomic E-state index is 0.0127. The lowest BCUT2D eigenvalue weighted by molar-refractivity contribution is 0.466. The van der Waals surface area contributed by atoms with Crippen molar-refractivity contribution in [2.75, 3.05) is 12.8 Å². The summed E-state index contributed by atoms with van der Waals surface area (Å²) in [6.07, 6.45) is 2.36. The largest absolute Gasteiger partial charge is 0.368 e. The van der Waals surface area contributed by atoms with E-state index in [-0.39, 0.29) is 17.4 Å². The number of rotatable bonds is 4. The highest BCUT2D eigenvalue weighted by Gasteiger charge is 2.22. The summed E-state index contributed by atoms with van der Waals surface area (Å²) in [5.74, 6) is 0.0257. The van der Waals surface area contributed by atoms with E-state index >= 15 is 0 Å². The Labute approximate surface area is 122 Å². The molecule has 0 bridgehead atoms. The van der Waals surface area contributed by atoms with Crippen LogP contribution in [-0.2, 0) is 16.6 Å². The van der Waals surface area contributed by atoms with Gasteiger partial charge >= 0.3 is 0 Å². The molecule has 2 aromatic rings. The van der Waals surface area contributed by atoms with E-state index in [1.165, 1.54) is 23.7 Å². The molecule has 0 fully saturated rings. The van der Waals surface area contributed by atoms with Crippen LogP contribution >= 0.6 is 11.6 Å². The van der Waals surface area contributed by atoms with E-state index in [0.29, 0.717) is 5.02 Å². The molecule has 20 heavy (non-hydrogen) atoms. The molecule has 6 nitrogen and oxygen atoms in total. The number of benzene rings is 1. The van der Waals surface area contributed by atoms with Crippen LogP contribution in [0.1, 0.15) is 5.56 Å². The molecule has 8 heteroatoms. The van der Waals surface area contributed by atoms with Crippen LogP contribution in [0.15, 0.2) is 41.6 Å². The van der Waals surface area contributed by atoms with E-state index in [2.05, 4.69) is 9.97 Å². The van der Waals surface area contributed by atoms with E-state index in [4.69, 9.17) is 17.3 Å². The molecule has 0 aliphatic carbocycles. The van der Waals surface area contributed by atoms with Crippen molar-refractivity contribution in [2.24, 2.45) is 0 Å². The fourth-order valence-corrected chi connectivity index (χ4v) is 2.83. The number of halogens is 1. The van der Waals surface area contributed by atoms with Gasteiger partial charge in [0.15, 0.2) is 0 Å². The summed E-state index contributed by atoms with van der Waals surface area (Å²) in [4.78, 5) is 7.36. The fraction of sp³-hybridized carbons (Fsp3) is 0.167. The monoisotopic (exact) mass is 312 g/mol. The topological polar surface area (TPSA) is 89.2 Å². The van der Waals surface area contributed by atoms with Gasteiger partial charge in [-0.25, -0.2) is 18.4 Å². The summed E-state index contributed by atoms with van der Waals surface area (Å²) in [6, 6.07) is 7.07. The minimum Gasteiger partial charge on any atom is -0.368 e. The second-order valence-corrected chi connectivity index (χ2v) is 6.58. The number of hydrogen-bond acceptors (Lipinski definition) is 5. The van der Waals surface area contributed by atoms with Crippen molar-refractivity contribution in [1.82, 2.24) is 14.3 Å². The Morgan fingerprint density at radius 3 is 2.45 bits per heavy atom. The predicted molar refractivity (Wildman–Crippen MR) is 76.5 cm³/mol. The van der Waals surface area contributed by atoms with Gasteiger partial charge in [0.2, 0.25) is 16.0 Å². The van der Waals surface area contributed by atoms with Gasteiger partial charge in [-0.15, -0.1) is 0 Å². The first-order chi connectivity index (χ1) is 9.41. The molecule has 0 spiro atoms. The third-order valence-corrected chi connectivity index (χ3v) is 4.83. The predicted octanol–water partition coefficient (Wildman–Crippen LogP) is 1.53. The summed E-state index contributed by atoms with van der Waals surface area (Å²) in [7, 11) is -2.21. The molecule has 0 radical (unpaired) electrons. The number of sulfonamides is 1. The maximum atomic E-state index is 12.3. The van der Waals surface area contributed by atoms with Gasteiger partial charge in [0.05, 0.1) is 12.4 Å². The molecule has 0 saturated heterocycles. The molecule has 0 atom stereocenters. The van der Waals surface area contributed by atoms with Gasteiger partial charge in [-0.1, -0.05) is 29.8 Å². The van der Waals surface area contributed by atoms with Crippen LogP contribution in [0.5, 0.6) is 0 Å². The van der Waals surface area contributed by atoms with Gasteiger partial charge in [0, 0.05) is 18.6 Å². The lowest BCUT2D eigenvalue weighted by Gasteiger charge is -2.17. The summed E-state index contributed by atoms with van der Waals surface area (Å²) >= 11 is 6.02. The standard InChI is InChI=1S/C12H13ClN4O2S/c1-17(8-9-4-2-3-5-11(9)13)20(18,19)10-6-15-12(14)16-7-10/h2-7H,8H2,1H3,(H2,14,15,16). The zero-order valence-corrected chi connectivity index (χ0v) is 12.3. The van der Waals surface area contributed by atoms with Crippen LogP contribution < -0.4 is 5.73 Å². The molecule has 0 amide bonds. The summed E-state index contributed by atoms with van der Waals surface area (Å²) in [6.45, 7) is 0.159. The summed E-state index contributed by atoms with van der Waals surface area (Å²) in [5, 5.41) is 0.517. The van der Waals surface area contributed by atoms with Gasteiger partial charge in [0.1, 0.15) is 4.90 Å². The number of nitrogens with two attached hydrogens (primary N) is 1. The number of nitrogens with zero attached hydrogens (tertiary/aromatic N) is 3. The van der Waals surface area contributed by atoms with Crippen LogP contribution in [0, 0.1) is 0 Å². The molecule has 1 aromatic heterocycles. The van der Waals surface area contributed by atoms with Crippen molar-refractivity contribution in [1.29, 1.82) is 0 Å². The van der Waals surface area contributed by atoms with Crippen molar-refractivity contribution in [3.8, 4) is 0 Å². The highest BCUT2D eigenvalue weighted by atomic mass is 35.5. The van der Waals surface area contributed by atoms with Gasteiger partial charge < -0.3 is 5.73 Å². The van der Waals surface area contributed by atoms with E-state index in [9.17, 15) is 8.42 Å². The number of anilines is 1. The fourth-order valence-electron chi connectivity index (χ4n) is 1.59. The Kier molecular flexibility index (Phi) is 4.22. The molecule has 2 rings (SSSR count). The Morgan fingerprint density at radius 2 is 1.85 bits per heavy atom. The number of nitrogen functional groups attached to an aromatic ring is 1. The minimum atomic E-state index is -3.68. The van der Waals surface area contributed by atoms with Gasteiger partial charge in [-0.2, -0.15) is 4.31 Å². The molecular formula is C12H13ClN4O2S. The lowest BCUT2D eigenvalue weighted by Crippen LogP contribution is -2.27. The van der Waals surface area contributed by atoms with Crippen LogP contribution in [0.2, 0.25) is 5.02 Å². The number of hydrogen-bond donors (Lipinski definition) is 1. The van der Waals surface area contributed by atoms with Crippen LogP contribution in [0.3, 0.4) is 0 Å². The zero-order valence-electron chi connectivity index (χ0n) is 10.7. The summed E-state index contributed by atoms with van der Waals surface area (Å²) in [5.41, 5.74) is 6.06. The third kappa shape index (κ3) is 3.06. The quantitative estimate of drug-likeness (QED) is 0.924. The molecule has 1 aromatic carbocycles. The summed E-state index contributed by atoms with van der Waals surface area (Å²) < 4.78 is 25.8. The van der Waals surface area contributed by atoms with E-state index < -0.39 is 10.0 Å². The average Bonchev–Trinajstić information content (AvgIpc) is 2.41. The molecule has 2 N–H and O–H groups in total. The van der Waals surface area contributed by atoms with Gasteiger partial charge in [0.25, 0.3) is 0 Å². The van der Waals surface area contributed by atoms with E-state index in [0.717, 1.165) is 5.56 Å². The van der Waals surface area contributed by atoms with Crippen LogP contribution in [0.25, 0.3) is 0 Å². The van der Waals surface area contributed by atoms with Gasteiger partial charge in [-0.3, -0.25) is 0 Å². The van der Waals surface area contributed by atoms with Crippen LogP contribution in [-0.4, -0.2) is 29.7 Å². The SMILES string of the molecule is CN(Cc1ccccc1Cl)S(=O)(=O)c1cnc(N)nc1. The maximum Gasteiger partial charge on any atom is 0.246 e. The second-order valence-electron chi connectivity index (χ2n) is 4.13. The second kappa shape index (κ2) is 5.74. The van der Waals surface area contributed by atoms with E-state index in [1.807, 2.05) is 0 Å². The van der Waals surface area contributed by atoms with Crippen molar-refractivity contribution in [3.63, 3.8) is 0 Å². The third-order valence-electron chi connectivity index (χ3n) is 2.71. The average molecular weight is 313 g/mol. The molecule has 1 heterocycles. The Balaban J connectivity index is 2.26. The first kappa shape index (κ1) is 14.7. The first-order valence-electron chi connectivity index (χ1n) is 5.68. The van der Waals surface area contributed by atoms with Crippen molar-refractivity contribution >= 4 is 27.6 Å².